The molecule has 0 N–H and O–H groups in total. The monoisotopic (exact) mass is 300 g/mol. The Morgan fingerprint density at radius 3 is 2.58 bits per heavy atom. The highest BCUT2D eigenvalue weighted by Gasteiger charge is 2.16. The Hall–Kier alpha value is -1.45. The van der Waals surface area contributed by atoms with Crippen LogP contribution in [-0.2, 0) is 6.42 Å². The van der Waals surface area contributed by atoms with Crippen LogP contribution in [0.2, 0.25) is 10.0 Å². The summed E-state index contributed by atoms with van der Waals surface area (Å²) in [4.78, 5) is 11.9. The SMILES string of the molecule is O=C(Cc1cc(Cl)ccc1F)c1cccc(Cl)c1F. The fourth-order valence-electron chi connectivity index (χ4n) is 1.67. The van der Waals surface area contributed by atoms with E-state index in [2.05, 4.69) is 0 Å². The summed E-state index contributed by atoms with van der Waals surface area (Å²) in [7, 11) is 0. The van der Waals surface area contributed by atoms with E-state index in [4.69, 9.17) is 23.2 Å². The quantitative estimate of drug-likeness (QED) is 0.751. The van der Waals surface area contributed by atoms with Crippen molar-refractivity contribution in [1.82, 2.24) is 0 Å². The standard InChI is InChI=1S/C14H8Cl2F2O/c15-9-4-5-12(17)8(6-9)7-13(19)10-2-1-3-11(16)14(10)18/h1-6H,7H2. The third kappa shape index (κ3) is 3.11. The van der Waals surface area contributed by atoms with E-state index in [-0.39, 0.29) is 22.6 Å². The number of carbonyl (C=O) groups excluding carboxylic acids is 1. The van der Waals surface area contributed by atoms with E-state index in [0.717, 1.165) is 0 Å². The van der Waals surface area contributed by atoms with Gasteiger partial charge in [-0.05, 0) is 35.9 Å². The van der Waals surface area contributed by atoms with Crippen molar-refractivity contribution in [3.63, 3.8) is 0 Å². The molecule has 0 fully saturated rings. The molecule has 0 radical (unpaired) electrons. The minimum absolute atomic E-state index is 0.122. The molecule has 0 heterocycles. The number of Topliss-reactive ketones (excluding diaryl/α,β-unsaturated/α-hetero) is 1. The molecule has 0 amide bonds. The Kier molecular flexibility index (Phi) is 4.17. The first-order valence-electron chi connectivity index (χ1n) is 5.40. The summed E-state index contributed by atoms with van der Waals surface area (Å²) < 4.78 is 27.2. The summed E-state index contributed by atoms with van der Waals surface area (Å²) >= 11 is 11.3. The lowest BCUT2D eigenvalue weighted by molar-refractivity contribution is 0.0988. The van der Waals surface area contributed by atoms with Crippen LogP contribution in [0, 0.1) is 11.6 Å². The largest absolute Gasteiger partial charge is 0.294 e. The molecule has 1 nitrogen and oxygen atoms in total. The average Bonchev–Trinajstić information content (AvgIpc) is 2.37. The highest BCUT2D eigenvalue weighted by Crippen LogP contribution is 2.21. The van der Waals surface area contributed by atoms with Crippen molar-refractivity contribution >= 4 is 29.0 Å². The van der Waals surface area contributed by atoms with Crippen molar-refractivity contribution in [3.8, 4) is 0 Å². The summed E-state index contributed by atoms with van der Waals surface area (Å²) in [5.74, 6) is -1.90. The smallest absolute Gasteiger partial charge is 0.170 e. The molecule has 0 aliphatic heterocycles. The van der Waals surface area contributed by atoms with Crippen LogP contribution in [0.15, 0.2) is 36.4 Å². The van der Waals surface area contributed by atoms with Gasteiger partial charge in [-0.25, -0.2) is 8.78 Å². The molecule has 0 aromatic heterocycles. The maximum atomic E-state index is 13.7. The molecule has 0 aliphatic rings. The number of ketones is 1. The van der Waals surface area contributed by atoms with Crippen LogP contribution in [0.3, 0.4) is 0 Å². The summed E-state index contributed by atoms with van der Waals surface area (Å²) in [5, 5.41) is 0.174. The molecular formula is C14H8Cl2F2O. The topological polar surface area (TPSA) is 17.1 Å². The van der Waals surface area contributed by atoms with Crippen LogP contribution in [0.4, 0.5) is 8.78 Å². The van der Waals surface area contributed by atoms with Gasteiger partial charge in [0.25, 0.3) is 0 Å². The van der Waals surface area contributed by atoms with Gasteiger partial charge in [-0.3, -0.25) is 4.79 Å². The van der Waals surface area contributed by atoms with Crippen LogP contribution in [0.5, 0.6) is 0 Å². The predicted octanol–water partition coefficient (Wildman–Crippen LogP) is 4.70. The lowest BCUT2D eigenvalue weighted by Crippen LogP contribution is -2.07. The maximum absolute atomic E-state index is 13.7. The first kappa shape index (κ1) is 14.0. The summed E-state index contributed by atoms with van der Waals surface area (Å²) in [5.41, 5.74) is -0.0382. The fourth-order valence-corrected chi connectivity index (χ4v) is 2.04. The molecule has 0 spiro atoms. The molecule has 0 aliphatic carbocycles. The zero-order valence-electron chi connectivity index (χ0n) is 9.59. The van der Waals surface area contributed by atoms with Crippen molar-refractivity contribution in [2.75, 3.05) is 0 Å². The molecule has 0 unspecified atom stereocenters. The molecule has 0 saturated carbocycles. The van der Waals surface area contributed by atoms with Crippen LogP contribution >= 0.6 is 23.2 Å². The second-order valence-electron chi connectivity index (χ2n) is 3.94. The number of carbonyl (C=O) groups is 1. The summed E-state index contributed by atoms with van der Waals surface area (Å²) in [6, 6.07) is 8.01. The average molecular weight is 301 g/mol. The van der Waals surface area contributed by atoms with Crippen LogP contribution in [0.25, 0.3) is 0 Å². The zero-order chi connectivity index (χ0) is 14.0. The molecule has 0 saturated heterocycles. The molecule has 5 heteroatoms. The van der Waals surface area contributed by atoms with Gasteiger partial charge < -0.3 is 0 Å². The van der Waals surface area contributed by atoms with Gasteiger partial charge in [0.05, 0.1) is 10.6 Å². The maximum Gasteiger partial charge on any atom is 0.170 e. The van der Waals surface area contributed by atoms with E-state index < -0.39 is 17.4 Å². The van der Waals surface area contributed by atoms with Gasteiger partial charge in [-0.15, -0.1) is 0 Å². The third-order valence-electron chi connectivity index (χ3n) is 2.61. The third-order valence-corrected chi connectivity index (χ3v) is 3.14. The second kappa shape index (κ2) is 5.68. The Labute approximate surface area is 118 Å². The lowest BCUT2D eigenvalue weighted by Gasteiger charge is -2.05. The first-order chi connectivity index (χ1) is 8.99. The molecule has 2 aromatic carbocycles. The molecular weight excluding hydrogens is 293 g/mol. The minimum atomic E-state index is -0.795. The van der Waals surface area contributed by atoms with Crippen LogP contribution in [0.1, 0.15) is 15.9 Å². The predicted molar refractivity (Wildman–Crippen MR) is 70.9 cm³/mol. The van der Waals surface area contributed by atoms with Gasteiger partial charge in [0.1, 0.15) is 5.82 Å². The molecule has 19 heavy (non-hydrogen) atoms. The molecule has 0 bridgehead atoms. The highest BCUT2D eigenvalue weighted by molar-refractivity contribution is 6.31. The van der Waals surface area contributed by atoms with E-state index >= 15 is 0 Å². The highest BCUT2D eigenvalue weighted by atomic mass is 35.5. The number of hydrogen-bond donors (Lipinski definition) is 0. The second-order valence-corrected chi connectivity index (χ2v) is 4.78. The Bertz CT molecular complexity index is 641. The van der Waals surface area contributed by atoms with Gasteiger partial charge >= 0.3 is 0 Å². The van der Waals surface area contributed by atoms with E-state index in [9.17, 15) is 13.6 Å². The van der Waals surface area contributed by atoms with Crippen LogP contribution < -0.4 is 0 Å². The van der Waals surface area contributed by atoms with Gasteiger partial charge in [-0.2, -0.15) is 0 Å². The van der Waals surface area contributed by atoms with Gasteiger partial charge in [0.15, 0.2) is 11.6 Å². The van der Waals surface area contributed by atoms with Crippen molar-refractivity contribution in [1.29, 1.82) is 0 Å². The van der Waals surface area contributed by atoms with Gasteiger partial charge in [0, 0.05) is 11.4 Å². The van der Waals surface area contributed by atoms with Crippen molar-refractivity contribution in [3.05, 3.63) is 69.2 Å². The van der Waals surface area contributed by atoms with Crippen molar-refractivity contribution in [2.45, 2.75) is 6.42 Å². The normalized spacial score (nSPS) is 10.5. The Morgan fingerprint density at radius 2 is 1.84 bits per heavy atom. The zero-order valence-corrected chi connectivity index (χ0v) is 11.1. The van der Waals surface area contributed by atoms with Gasteiger partial charge in [-0.1, -0.05) is 29.3 Å². The van der Waals surface area contributed by atoms with E-state index in [1.54, 1.807) is 0 Å². The van der Waals surface area contributed by atoms with Crippen molar-refractivity contribution < 1.29 is 13.6 Å². The minimum Gasteiger partial charge on any atom is -0.294 e. The molecule has 98 valence electrons. The number of hydrogen-bond acceptors (Lipinski definition) is 1. The number of halogens is 4. The molecule has 2 aromatic rings. The van der Waals surface area contributed by atoms with Crippen molar-refractivity contribution in [2.24, 2.45) is 0 Å². The molecule has 2 rings (SSSR count). The Balaban J connectivity index is 2.31. The summed E-state index contributed by atoms with van der Waals surface area (Å²) in [6.45, 7) is 0. The summed E-state index contributed by atoms with van der Waals surface area (Å²) in [6.07, 6.45) is -0.274. The first-order valence-corrected chi connectivity index (χ1v) is 6.16. The number of benzene rings is 2. The van der Waals surface area contributed by atoms with Crippen LogP contribution in [-0.4, -0.2) is 5.78 Å². The number of rotatable bonds is 3. The fraction of sp³-hybridized carbons (Fsp3) is 0.0714. The lowest BCUT2D eigenvalue weighted by atomic mass is 10.0. The van der Waals surface area contributed by atoms with Gasteiger partial charge in [0.2, 0.25) is 0 Å². The van der Waals surface area contributed by atoms with E-state index in [1.165, 1.54) is 36.4 Å². The molecule has 0 atom stereocenters. The van der Waals surface area contributed by atoms with E-state index in [0.29, 0.717) is 5.02 Å². The Morgan fingerprint density at radius 1 is 1.11 bits per heavy atom. The van der Waals surface area contributed by atoms with E-state index in [1.807, 2.05) is 0 Å².